The molecule has 0 saturated carbocycles. The Bertz CT molecular complexity index is 349. The molecular weight excluding hydrogens is 196 g/mol. The number of nitrogens with two attached hydrogens (primary N) is 1. The number of aromatic amines is 1. The summed E-state index contributed by atoms with van der Waals surface area (Å²) in [5.41, 5.74) is 5.38. The van der Waals surface area contributed by atoms with Gasteiger partial charge in [-0.05, 0) is 19.3 Å². The molecular formula is C8H14N6O. The molecule has 7 nitrogen and oxygen atoms in total. The van der Waals surface area contributed by atoms with Crippen LogP contribution in [0.15, 0.2) is 0 Å². The van der Waals surface area contributed by atoms with Gasteiger partial charge in [0.1, 0.15) is 6.04 Å². The van der Waals surface area contributed by atoms with Crippen molar-refractivity contribution in [3.05, 3.63) is 0 Å². The van der Waals surface area contributed by atoms with Crippen molar-refractivity contribution >= 4 is 17.8 Å². The summed E-state index contributed by atoms with van der Waals surface area (Å²) in [4.78, 5) is 15.4. The average molecular weight is 210 g/mol. The molecule has 1 aliphatic rings. The Morgan fingerprint density at radius 2 is 2.33 bits per heavy atom. The Kier molecular flexibility index (Phi) is 2.70. The third-order valence-corrected chi connectivity index (χ3v) is 2.34. The fourth-order valence-electron chi connectivity index (χ4n) is 1.57. The van der Waals surface area contributed by atoms with Gasteiger partial charge in [-0.15, -0.1) is 5.10 Å². The van der Waals surface area contributed by atoms with Gasteiger partial charge in [0.25, 0.3) is 0 Å². The molecule has 1 fully saturated rings. The van der Waals surface area contributed by atoms with Crippen LogP contribution in [0.3, 0.4) is 0 Å². The van der Waals surface area contributed by atoms with Gasteiger partial charge >= 0.3 is 0 Å². The molecule has 0 aromatic carbocycles. The van der Waals surface area contributed by atoms with Crippen LogP contribution in [0, 0.1) is 0 Å². The predicted octanol–water partition coefficient (Wildman–Crippen LogP) is -0.533. The van der Waals surface area contributed by atoms with Crippen molar-refractivity contribution in [3.63, 3.8) is 0 Å². The van der Waals surface area contributed by atoms with Crippen LogP contribution in [-0.4, -0.2) is 33.7 Å². The lowest BCUT2D eigenvalue weighted by Gasteiger charge is -2.12. The number of rotatable bonds is 2. The zero-order valence-corrected chi connectivity index (χ0v) is 8.29. The maximum Gasteiger partial charge on any atom is 0.244 e. The summed E-state index contributed by atoms with van der Waals surface area (Å²) in [5, 5.41) is 12.1. The van der Waals surface area contributed by atoms with E-state index in [9.17, 15) is 4.79 Å². The smallest absolute Gasteiger partial charge is 0.244 e. The minimum atomic E-state index is -0.261. The van der Waals surface area contributed by atoms with Crippen LogP contribution in [0.1, 0.15) is 19.3 Å². The van der Waals surface area contributed by atoms with Crippen molar-refractivity contribution in [2.75, 3.05) is 17.6 Å². The van der Waals surface area contributed by atoms with Crippen LogP contribution in [0.5, 0.6) is 0 Å². The van der Waals surface area contributed by atoms with E-state index in [1.54, 1.807) is 0 Å². The minimum Gasteiger partial charge on any atom is -0.368 e. The largest absolute Gasteiger partial charge is 0.368 e. The van der Waals surface area contributed by atoms with Gasteiger partial charge in [-0.3, -0.25) is 4.79 Å². The highest BCUT2D eigenvalue weighted by Crippen LogP contribution is 2.10. The first-order valence-electron chi connectivity index (χ1n) is 4.98. The number of nitrogens with zero attached hydrogens (tertiary/aromatic N) is 2. The van der Waals surface area contributed by atoms with Gasteiger partial charge in [0.2, 0.25) is 17.8 Å². The summed E-state index contributed by atoms with van der Waals surface area (Å²) in [6.07, 6.45) is 2.82. The van der Waals surface area contributed by atoms with Gasteiger partial charge in [0, 0.05) is 6.54 Å². The molecule has 15 heavy (non-hydrogen) atoms. The van der Waals surface area contributed by atoms with Crippen molar-refractivity contribution in [3.8, 4) is 0 Å². The number of nitrogen functional groups attached to an aromatic ring is 1. The third-order valence-electron chi connectivity index (χ3n) is 2.34. The molecule has 0 spiro atoms. The van der Waals surface area contributed by atoms with Crippen LogP contribution in [0.2, 0.25) is 0 Å². The van der Waals surface area contributed by atoms with Crippen molar-refractivity contribution in [1.82, 2.24) is 20.5 Å². The molecule has 82 valence electrons. The van der Waals surface area contributed by atoms with E-state index in [0.29, 0.717) is 5.95 Å². The number of hydrogen-bond acceptors (Lipinski definition) is 5. The summed E-state index contributed by atoms with van der Waals surface area (Å²) in [7, 11) is 0. The second-order valence-electron chi connectivity index (χ2n) is 3.53. The normalized spacial score (nSPS) is 21.9. The Labute approximate surface area is 86.8 Å². The highest BCUT2D eigenvalue weighted by atomic mass is 16.2. The van der Waals surface area contributed by atoms with E-state index in [4.69, 9.17) is 5.73 Å². The number of nitrogens with one attached hydrogen (secondary N) is 3. The standard InChI is InChI=1S/C8H14N6O/c9-7-12-8(14-13-7)11-5-3-1-2-4-10-6(5)15/h5H,1-4H2,(H,10,15)(H4,9,11,12,13,14)/t5-/m0/s1. The predicted molar refractivity (Wildman–Crippen MR) is 55.1 cm³/mol. The SMILES string of the molecule is Nc1nc(N[C@H]2CCCCNC2=O)n[nH]1. The minimum absolute atomic E-state index is 0.00382. The fraction of sp³-hybridized carbons (Fsp3) is 0.625. The molecule has 7 heteroatoms. The van der Waals surface area contributed by atoms with E-state index in [0.717, 1.165) is 25.8 Å². The lowest BCUT2D eigenvalue weighted by Crippen LogP contribution is -2.38. The van der Waals surface area contributed by atoms with Crippen molar-refractivity contribution in [1.29, 1.82) is 0 Å². The molecule has 0 radical (unpaired) electrons. The van der Waals surface area contributed by atoms with E-state index in [1.807, 2.05) is 0 Å². The van der Waals surface area contributed by atoms with Crippen LogP contribution in [-0.2, 0) is 4.79 Å². The van der Waals surface area contributed by atoms with E-state index >= 15 is 0 Å². The molecule has 5 N–H and O–H groups in total. The molecule has 2 heterocycles. The van der Waals surface area contributed by atoms with E-state index in [1.165, 1.54) is 0 Å². The van der Waals surface area contributed by atoms with Crippen molar-refractivity contribution in [2.24, 2.45) is 0 Å². The summed E-state index contributed by atoms with van der Waals surface area (Å²) in [5.74, 6) is 0.608. The quantitative estimate of drug-likeness (QED) is 0.524. The number of hydrogen-bond donors (Lipinski definition) is 4. The summed E-state index contributed by atoms with van der Waals surface area (Å²) >= 11 is 0. The summed E-state index contributed by atoms with van der Waals surface area (Å²) in [6, 6.07) is -0.261. The maximum atomic E-state index is 11.6. The number of amides is 1. The second-order valence-corrected chi connectivity index (χ2v) is 3.53. The highest BCUT2D eigenvalue weighted by molar-refractivity contribution is 5.84. The Balaban J connectivity index is 2.00. The summed E-state index contributed by atoms with van der Waals surface area (Å²) < 4.78 is 0. The van der Waals surface area contributed by atoms with E-state index < -0.39 is 0 Å². The number of carbonyl (C=O) groups excluding carboxylic acids is 1. The Morgan fingerprint density at radius 1 is 1.47 bits per heavy atom. The van der Waals surface area contributed by atoms with Crippen LogP contribution in [0.25, 0.3) is 0 Å². The zero-order chi connectivity index (χ0) is 10.7. The van der Waals surface area contributed by atoms with Crippen LogP contribution < -0.4 is 16.4 Å². The lowest BCUT2D eigenvalue weighted by molar-refractivity contribution is -0.121. The van der Waals surface area contributed by atoms with Gasteiger partial charge in [0.05, 0.1) is 0 Å². The van der Waals surface area contributed by atoms with Gasteiger partial charge < -0.3 is 16.4 Å². The zero-order valence-electron chi connectivity index (χ0n) is 8.29. The average Bonchev–Trinajstić information content (AvgIpc) is 2.50. The molecule has 0 aliphatic carbocycles. The monoisotopic (exact) mass is 210 g/mol. The molecule has 0 unspecified atom stereocenters. The molecule has 1 atom stereocenters. The number of carbonyl (C=O) groups is 1. The number of anilines is 2. The number of H-pyrrole nitrogens is 1. The first-order valence-corrected chi connectivity index (χ1v) is 4.98. The first kappa shape index (κ1) is 9.75. The molecule has 1 aromatic rings. The van der Waals surface area contributed by atoms with E-state index in [-0.39, 0.29) is 17.9 Å². The molecule has 1 saturated heterocycles. The van der Waals surface area contributed by atoms with Crippen LogP contribution in [0.4, 0.5) is 11.9 Å². The fourth-order valence-corrected chi connectivity index (χ4v) is 1.57. The molecule has 1 aromatic heterocycles. The summed E-state index contributed by atoms with van der Waals surface area (Å²) in [6.45, 7) is 0.743. The Morgan fingerprint density at radius 3 is 3.07 bits per heavy atom. The Hall–Kier alpha value is -1.79. The third kappa shape index (κ3) is 2.36. The number of aromatic nitrogens is 3. The van der Waals surface area contributed by atoms with Crippen molar-refractivity contribution < 1.29 is 4.79 Å². The molecule has 0 bridgehead atoms. The molecule has 2 rings (SSSR count). The van der Waals surface area contributed by atoms with Crippen molar-refractivity contribution in [2.45, 2.75) is 25.3 Å². The topological polar surface area (TPSA) is 109 Å². The van der Waals surface area contributed by atoms with Gasteiger partial charge in [0.15, 0.2) is 0 Å². The van der Waals surface area contributed by atoms with Gasteiger partial charge in [-0.1, -0.05) is 0 Å². The van der Waals surface area contributed by atoms with Gasteiger partial charge in [-0.25, -0.2) is 5.10 Å². The highest BCUT2D eigenvalue weighted by Gasteiger charge is 2.21. The van der Waals surface area contributed by atoms with Gasteiger partial charge in [-0.2, -0.15) is 4.98 Å². The molecule has 1 amide bonds. The first-order chi connectivity index (χ1) is 7.25. The van der Waals surface area contributed by atoms with E-state index in [2.05, 4.69) is 25.8 Å². The maximum absolute atomic E-state index is 11.6. The lowest BCUT2D eigenvalue weighted by atomic mass is 10.1. The van der Waals surface area contributed by atoms with Crippen LogP contribution >= 0.6 is 0 Å². The molecule has 1 aliphatic heterocycles. The second kappa shape index (κ2) is 4.16.